The number of nitrogens with zero attached hydrogens (tertiary/aromatic N) is 3. The molecule has 0 fully saturated rings. The highest BCUT2D eigenvalue weighted by atomic mass is 19.1. The number of nitrogens with one attached hydrogen (secondary N) is 2. The van der Waals surface area contributed by atoms with Crippen LogP contribution in [0.3, 0.4) is 0 Å². The zero-order chi connectivity index (χ0) is 19.4. The summed E-state index contributed by atoms with van der Waals surface area (Å²) in [6, 6.07) is 6.65. The molecule has 1 rings (SSSR count). The highest BCUT2D eigenvalue weighted by Crippen LogP contribution is 2.11. The molecule has 6 heteroatoms. The van der Waals surface area contributed by atoms with E-state index in [0.29, 0.717) is 17.1 Å². The van der Waals surface area contributed by atoms with Gasteiger partial charge in [-0.25, -0.2) is 9.38 Å². The standard InChI is InChI=1S/C20H32FN5/c1-5-23-20(25-16(4)9-8-12-26(6-2)7-3)24-15-18-13-17(14-22)10-11-19(18)21/h10-11,13,16H,5-9,12,15H2,1-4H3,(H2,23,24,25). The van der Waals surface area contributed by atoms with Crippen LogP contribution in [0.4, 0.5) is 4.39 Å². The van der Waals surface area contributed by atoms with Crippen LogP contribution < -0.4 is 10.6 Å². The maximum atomic E-state index is 13.9. The van der Waals surface area contributed by atoms with Gasteiger partial charge in [0.2, 0.25) is 0 Å². The van der Waals surface area contributed by atoms with Crippen LogP contribution in [-0.4, -0.2) is 43.1 Å². The second-order valence-corrected chi connectivity index (χ2v) is 6.33. The summed E-state index contributed by atoms with van der Waals surface area (Å²) < 4.78 is 13.9. The van der Waals surface area contributed by atoms with Crippen LogP contribution in [0.1, 0.15) is 51.7 Å². The Kier molecular flexibility index (Phi) is 10.3. The third kappa shape index (κ3) is 7.83. The summed E-state index contributed by atoms with van der Waals surface area (Å²) in [4.78, 5) is 6.88. The first-order valence-corrected chi connectivity index (χ1v) is 9.49. The number of hydrogen-bond donors (Lipinski definition) is 2. The Balaban J connectivity index is 2.62. The van der Waals surface area contributed by atoms with E-state index in [4.69, 9.17) is 5.26 Å². The van der Waals surface area contributed by atoms with Crippen LogP contribution in [0, 0.1) is 17.1 Å². The third-order valence-corrected chi connectivity index (χ3v) is 4.32. The first kappa shape index (κ1) is 21.9. The van der Waals surface area contributed by atoms with Crippen LogP contribution in [0.2, 0.25) is 0 Å². The molecule has 0 spiro atoms. The Morgan fingerprint density at radius 2 is 2.04 bits per heavy atom. The molecule has 1 unspecified atom stereocenters. The average molecular weight is 362 g/mol. The number of halogens is 1. The van der Waals surface area contributed by atoms with E-state index in [2.05, 4.69) is 41.3 Å². The summed E-state index contributed by atoms with van der Waals surface area (Å²) in [6.45, 7) is 12.7. The van der Waals surface area contributed by atoms with Gasteiger partial charge in [-0.1, -0.05) is 13.8 Å². The zero-order valence-electron chi connectivity index (χ0n) is 16.5. The smallest absolute Gasteiger partial charge is 0.191 e. The van der Waals surface area contributed by atoms with Gasteiger partial charge in [0.1, 0.15) is 5.82 Å². The molecule has 0 saturated carbocycles. The van der Waals surface area contributed by atoms with Gasteiger partial charge in [0.25, 0.3) is 0 Å². The highest BCUT2D eigenvalue weighted by molar-refractivity contribution is 5.80. The van der Waals surface area contributed by atoms with Gasteiger partial charge in [-0.05, 0) is 64.5 Å². The number of benzene rings is 1. The Labute approximate surface area is 157 Å². The third-order valence-electron chi connectivity index (χ3n) is 4.32. The summed E-state index contributed by atoms with van der Waals surface area (Å²) in [7, 11) is 0. The minimum atomic E-state index is -0.337. The minimum absolute atomic E-state index is 0.197. The monoisotopic (exact) mass is 361 g/mol. The van der Waals surface area contributed by atoms with Crippen molar-refractivity contribution in [3.8, 4) is 6.07 Å². The molecule has 1 aromatic rings. The van der Waals surface area contributed by atoms with Crippen LogP contribution >= 0.6 is 0 Å². The number of guanidine groups is 1. The Bertz CT molecular complexity index is 605. The molecule has 26 heavy (non-hydrogen) atoms. The molecule has 0 aromatic heterocycles. The first-order chi connectivity index (χ1) is 12.5. The lowest BCUT2D eigenvalue weighted by Crippen LogP contribution is -2.42. The molecule has 0 aliphatic heterocycles. The van der Waals surface area contributed by atoms with Crippen molar-refractivity contribution in [1.82, 2.24) is 15.5 Å². The van der Waals surface area contributed by atoms with Gasteiger partial charge in [-0.3, -0.25) is 0 Å². The van der Waals surface area contributed by atoms with Gasteiger partial charge < -0.3 is 15.5 Å². The topological polar surface area (TPSA) is 63.5 Å². The molecule has 1 aromatic carbocycles. The summed E-state index contributed by atoms with van der Waals surface area (Å²) in [5, 5.41) is 15.5. The molecule has 0 saturated heterocycles. The molecule has 0 aliphatic rings. The average Bonchev–Trinajstić information content (AvgIpc) is 2.64. The lowest BCUT2D eigenvalue weighted by molar-refractivity contribution is 0.292. The summed E-state index contributed by atoms with van der Waals surface area (Å²) in [5.41, 5.74) is 0.870. The predicted octanol–water partition coefficient (Wildman–Crippen LogP) is 3.26. The fourth-order valence-electron chi connectivity index (χ4n) is 2.72. The minimum Gasteiger partial charge on any atom is -0.357 e. The van der Waals surface area contributed by atoms with Crippen molar-refractivity contribution < 1.29 is 4.39 Å². The number of aliphatic imine (C=N–C) groups is 1. The normalized spacial score (nSPS) is 12.7. The van der Waals surface area contributed by atoms with E-state index in [1.165, 1.54) is 12.1 Å². The number of nitriles is 1. The molecule has 144 valence electrons. The van der Waals surface area contributed by atoms with Crippen molar-refractivity contribution in [2.75, 3.05) is 26.2 Å². The van der Waals surface area contributed by atoms with E-state index in [9.17, 15) is 4.39 Å². The molecular weight excluding hydrogens is 329 g/mol. The quantitative estimate of drug-likeness (QED) is 0.496. The largest absolute Gasteiger partial charge is 0.357 e. The van der Waals surface area contributed by atoms with E-state index in [1.54, 1.807) is 6.07 Å². The van der Waals surface area contributed by atoms with Crippen molar-refractivity contribution >= 4 is 5.96 Å². The molecule has 2 N–H and O–H groups in total. The van der Waals surface area contributed by atoms with Crippen molar-refractivity contribution in [1.29, 1.82) is 5.26 Å². The second kappa shape index (κ2) is 12.3. The van der Waals surface area contributed by atoms with Crippen LogP contribution in [0.15, 0.2) is 23.2 Å². The van der Waals surface area contributed by atoms with Crippen molar-refractivity contribution in [2.45, 2.75) is 53.1 Å². The number of rotatable bonds is 10. The second-order valence-electron chi connectivity index (χ2n) is 6.33. The van der Waals surface area contributed by atoms with E-state index < -0.39 is 0 Å². The molecule has 0 amide bonds. The Morgan fingerprint density at radius 1 is 1.31 bits per heavy atom. The van der Waals surface area contributed by atoms with Gasteiger partial charge in [-0.15, -0.1) is 0 Å². The summed E-state index contributed by atoms with van der Waals surface area (Å²) in [5.74, 6) is 0.334. The molecule has 0 heterocycles. The molecular formula is C20H32FN5. The SMILES string of the molecule is CCNC(=NCc1cc(C#N)ccc1F)NC(C)CCCN(CC)CC. The first-order valence-electron chi connectivity index (χ1n) is 9.49. The van der Waals surface area contributed by atoms with E-state index >= 15 is 0 Å². The van der Waals surface area contributed by atoms with Gasteiger partial charge in [0.15, 0.2) is 5.96 Å². The lowest BCUT2D eigenvalue weighted by Gasteiger charge is -2.21. The van der Waals surface area contributed by atoms with Crippen LogP contribution in [0.5, 0.6) is 0 Å². The van der Waals surface area contributed by atoms with Crippen LogP contribution in [-0.2, 0) is 6.54 Å². The van der Waals surface area contributed by atoms with Crippen LogP contribution in [0.25, 0.3) is 0 Å². The lowest BCUT2D eigenvalue weighted by atomic mass is 10.1. The fraction of sp³-hybridized carbons (Fsp3) is 0.600. The van der Waals surface area contributed by atoms with Gasteiger partial charge >= 0.3 is 0 Å². The summed E-state index contributed by atoms with van der Waals surface area (Å²) in [6.07, 6.45) is 2.16. The molecule has 0 bridgehead atoms. The molecule has 0 radical (unpaired) electrons. The van der Waals surface area contributed by atoms with Crippen molar-refractivity contribution in [3.05, 3.63) is 35.1 Å². The van der Waals surface area contributed by atoms with Gasteiger partial charge in [-0.2, -0.15) is 5.26 Å². The van der Waals surface area contributed by atoms with E-state index in [0.717, 1.165) is 39.0 Å². The predicted molar refractivity (Wildman–Crippen MR) is 106 cm³/mol. The summed E-state index contributed by atoms with van der Waals surface area (Å²) >= 11 is 0. The van der Waals surface area contributed by atoms with Gasteiger partial charge in [0.05, 0.1) is 18.2 Å². The zero-order valence-corrected chi connectivity index (χ0v) is 16.5. The Hall–Kier alpha value is -2.13. The van der Waals surface area contributed by atoms with E-state index in [-0.39, 0.29) is 18.4 Å². The van der Waals surface area contributed by atoms with E-state index in [1.807, 2.05) is 13.0 Å². The van der Waals surface area contributed by atoms with Crippen molar-refractivity contribution in [3.63, 3.8) is 0 Å². The maximum Gasteiger partial charge on any atom is 0.191 e. The van der Waals surface area contributed by atoms with Crippen molar-refractivity contribution in [2.24, 2.45) is 4.99 Å². The van der Waals surface area contributed by atoms with Gasteiger partial charge in [0, 0.05) is 18.2 Å². The number of hydrogen-bond acceptors (Lipinski definition) is 3. The Morgan fingerprint density at radius 3 is 2.65 bits per heavy atom. The molecule has 0 aliphatic carbocycles. The fourth-order valence-corrected chi connectivity index (χ4v) is 2.72. The maximum absolute atomic E-state index is 13.9. The molecule has 1 atom stereocenters. The molecule has 5 nitrogen and oxygen atoms in total. The highest BCUT2D eigenvalue weighted by Gasteiger charge is 2.08.